The third-order valence-electron chi connectivity index (χ3n) is 5.56. The molecule has 2 aromatic carbocycles. The highest BCUT2D eigenvalue weighted by Gasteiger charge is 2.22. The molecule has 0 aliphatic heterocycles. The lowest BCUT2D eigenvalue weighted by atomic mass is 9.82. The number of rotatable bonds is 8. The van der Waals surface area contributed by atoms with Crippen LogP contribution in [0.2, 0.25) is 0 Å². The first kappa shape index (κ1) is 21.1. The first-order chi connectivity index (χ1) is 14.0. The average molecular weight is 397 g/mol. The largest absolute Gasteiger partial charge is 0.504 e. The van der Waals surface area contributed by atoms with Crippen LogP contribution in [0.1, 0.15) is 73.4 Å². The van der Waals surface area contributed by atoms with E-state index in [0.717, 1.165) is 37.7 Å². The van der Waals surface area contributed by atoms with Crippen LogP contribution >= 0.6 is 0 Å². The fraction of sp³-hybridized carbons (Fsp3) is 0.400. The lowest BCUT2D eigenvalue weighted by Crippen LogP contribution is -2.09. The van der Waals surface area contributed by atoms with Crippen LogP contribution in [0, 0.1) is 5.82 Å². The molecule has 3 nitrogen and oxygen atoms in total. The van der Waals surface area contributed by atoms with Crippen LogP contribution in [-0.4, -0.2) is 17.5 Å². The van der Waals surface area contributed by atoms with Gasteiger partial charge in [0.05, 0.1) is 12.2 Å². The van der Waals surface area contributed by atoms with Gasteiger partial charge in [-0.2, -0.15) is 4.39 Å². The normalized spacial score (nSPS) is 16.4. The van der Waals surface area contributed by atoms with Gasteiger partial charge in [-0.1, -0.05) is 49.3 Å². The first-order valence-corrected chi connectivity index (χ1v) is 10.5. The molecule has 0 heterocycles. The van der Waals surface area contributed by atoms with Crippen molar-refractivity contribution in [3.05, 3.63) is 70.6 Å². The van der Waals surface area contributed by atoms with Gasteiger partial charge in [-0.3, -0.25) is 4.79 Å². The smallest absolute Gasteiger partial charge is 0.207 e. The van der Waals surface area contributed by atoms with Gasteiger partial charge < -0.3 is 9.84 Å². The number of aromatic hydroxyl groups is 1. The number of ether oxygens (including phenoxy) is 1. The van der Waals surface area contributed by atoms with Gasteiger partial charge in [-0.15, -0.1) is 0 Å². The summed E-state index contributed by atoms with van der Waals surface area (Å²) in [4.78, 5) is 12.6. The van der Waals surface area contributed by atoms with Crippen LogP contribution in [-0.2, 0) is 6.42 Å². The van der Waals surface area contributed by atoms with Crippen molar-refractivity contribution in [2.45, 2.75) is 58.3 Å². The van der Waals surface area contributed by atoms with E-state index in [1.54, 1.807) is 6.92 Å². The van der Waals surface area contributed by atoms with E-state index < -0.39 is 11.6 Å². The SMILES string of the molecule is CCCc1ccc(C2CC=C(CC(=O)c3ccc(OCC)c(F)c3O)CC2)cc1. The number of aryl methyl sites for hydroxylation is 1. The van der Waals surface area contributed by atoms with Gasteiger partial charge in [0.1, 0.15) is 0 Å². The number of hydrogen-bond donors (Lipinski definition) is 1. The van der Waals surface area contributed by atoms with Gasteiger partial charge in [0.2, 0.25) is 5.82 Å². The number of benzene rings is 2. The Hall–Kier alpha value is -2.62. The number of phenols is 1. The van der Waals surface area contributed by atoms with E-state index in [2.05, 4.69) is 37.3 Å². The fourth-order valence-electron chi connectivity index (χ4n) is 3.94. The molecule has 154 valence electrons. The van der Waals surface area contributed by atoms with Crippen molar-refractivity contribution in [3.63, 3.8) is 0 Å². The standard InChI is InChI=1S/C25H29FO3/c1-3-5-17-6-10-19(11-7-17)20-12-8-18(9-13-20)16-22(27)21-14-15-23(29-4-2)24(26)25(21)28/h6-8,10-11,14-15,20,28H,3-5,9,12-13,16H2,1-2H3. The van der Waals surface area contributed by atoms with Gasteiger partial charge in [0.15, 0.2) is 17.3 Å². The van der Waals surface area contributed by atoms with Crippen molar-refractivity contribution >= 4 is 5.78 Å². The molecule has 0 aromatic heterocycles. The van der Waals surface area contributed by atoms with Crippen LogP contribution in [0.4, 0.5) is 4.39 Å². The summed E-state index contributed by atoms with van der Waals surface area (Å²) < 4.78 is 19.3. The van der Waals surface area contributed by atoms with Crippen LogP contribution < -0.4 is 4.74 Å². The van der Waals surface area contributed by atoms with E-state index in [1.807, 2.05) is 0 Å². The monoisotopic (exact) mass is 396 g/mol. The molecular formula is C25H29FO3. The molecule has 1 aliphatic carbocycles. The second kappa shape index (κ2) is 9.73. The zero-order chi connectivity index (χ0) is 20.8. The number of carbonyl (C=O) groups excluding carboxylic acids is 1. The summed E-state index contributed by atoms with van der Waals surface area (Å²) in [5.41, 5.74) is 3.79. The van der Waals surface area contributed by atoms with E-state index in [4.69, 9.17) is 4.74 Å². The van der Waals surface area contributed by atoms with Crippen LogP contribution in [0.25, 0.3) is 0 Å². The molecule has 0 amide bonds. The molecule has 4 heteroatoms. The number of carbonyl (C=O) groups is 1. The molecule has 1 unspecified atom stereocenters. The Kier molecular flexibility index (Phi) is 7.08. The third-order valence-corrected chi connectivity index (χ3v) is 5.56. The third kappa shape index (κ3) is 5.06. The molecule has 3 rings (SSSR count). The number of halogens is 1. The Morgan fingerprint density at radius 2 is 1.93 bits per heavy atom. The van der Waals surface area contributed by atoms with Crippen molar-refractivity contribution in [1.82, 2.24) is 0 Å². The maximum Gasteiger partial charge on any atom is 0.207 e. The molecule has 1 N–H and O–H groups in total. The average Bonchev–Trinajstić information content (AvgIpc) is 2.73. The first-order valence-electron chi connectivity index (χ1n) is 10.5. The summed E-state index contributed by atoms with van der Waals surface area (Å²) >= 11 is 0. The van der Waals surface area contributed by atoms with Gasteiger partial charge >= 0.3 is 0 Å². The Morgan fingerprint density at radius 1 is 1.17 bits per heavy atom. The summed E-state index contributed by atoms with van der Waals surface area (Å²) in [5, 5.41) is 10.1. The minimum Gasteiger partial charge on any atom is -0.504 e. The molecule has 1 atom stereocenters. The van der Waals surface area contributed by atoms with Crippen molar-refractivity contribution in [1.29, 1.82) is 0 Å². The maximum absolute atomic E-state index is 14.2. The molecule has 29 heavy (non-hydrogen) atoms. The summed E-state index contributed by atoms with van der Waals surface area (Å²) in [6, 6.07) is 11.7. The fourth-order valence-corrected chi connectivity index (χ4v) is 3.94. The number of phenolic OH excluding ortho intramolecular Hbond substituents is 1. The zero-order valence-corrected chi connectivity index (χ0v) is 17.2. The maximum atomic E-state index is 14.2. The lowest BCUT2D eigenvalue weighted by Gasteiger charge is -2.22. The summed E-state index contributed by atoms with van der Waals surface area (Å²) in [5.74, 6) is -1.32. The molecule has 0 saturated carbocycles. The van der Waals surface area contributed by atoms with Gasteiger partial charge in [0, 0.05) is 6.42 Å². The Bertz CT molecular complexity index is 884. The Balaban J connectivity index is 1.63. The second-order valence-electron chi connectivity index (χ2n) is 7.63. The quantitative estimate of drug-likeness (QED) is 0.418. The van der Waals surface area contributed by atoms with E-state index >= 15 is 0 Å². The van der Waals surface area contributed by atoms with Gasteiger partial charge in [0.25, 0.3) is 0 Å². The summed E-state index contributed by atoms with van der Waals surface area (Å²) in [6.07, 6.45) is 7.34. The molecule has 0 spiro atoms. The predicted octanol–water partition coefficient (Wildman–Crippen LogP) is 6.35. The minimum atomic E-state index is -0.873. The molecule has 1 aliphatic rings. The minimum absolute atomic E-state index is 0.0143. The predicted molar refractivity (Wildman–Crippen MR) is 113 cm³/mol. The second-order valence-corrected chi connectivity index (χ2v) is 7.63. The number of hydrogen-bond acceptors (Lipinski definition) is 3. The summed E-state index contributed by atoms with van der Waals surface area (Å²) in [7, 11) is 0. The van der Waals surface area contributed by atoms with Crippen molar-refractivity contribution < 1.29 is 19.0 Å². The van der Waals surface area contributed by atoms with Gasteiger partial charge in [-0.25, -0.2) is 0 Å². The zero-order valence-electron chi connectivity index (χ0n) is 17.2. The highest BCUT2D eigenvalue weighted by Crippen LogP contribution is 2.35. The van der Waals surface area contributed by atoms with E-state index in [1.165, 1.54) is 23.3 Å². The van der Waals surface area contributed by atoms with E-state index in [0.29, 0.717) is 12.5 Å². The highest BCUT2D eigenvalue weighted by atomic mass is 19.1. The number of allylic oxidation sites excluding steroid dienone is 2. The van der Waals surface area contributed by atoms with Gasteiger partial charge in [-0.05, 0) is 61.8 Å². The summed E-state index contributed by atoms with van der Waals surface area (Å²) in [6.45, 7) is 4.21. The topological polar surface area (TPSA) is 46.5 Å². The van der Waals surface area contributed by atoms with Crippen molar-refractivity contribution in [2.24, 2.45) is 0 Å². The highest BCUT2D eigenvalue weighted by molar-refractivity contribution is 6.00. The van der Waals surface area contributed by atoms with Crippen molar-refractivity contribution in [3.8, 4) is 11.5 Å². The molecule has 0 fully saturated rings. The molecule has 0 saturated heterocycles. The lowest BCUT2D eigenvalue weighted by molar-refractivity contribution is 0.0988. The van der Waals surface area contributed by atoms with E-state index in [9.17, 15) is 14.3 Å². The Morgan fingerprint density at radius 3 is 2.55 bits per heavy atom. The van der Waals surface area contributed by atoms with Crippen LogP contribution in [0.3, 0.4) is 0 Å². The number of ketones is 1. The molecular weight excluding hydrogens is 367 g/mol. The van der Waals surface area contributed by atoms with Crippen molar-refractivity contribution in [2.75, 3.05) is 6.61 Å². The van der Waals surface area contributed by atoms with E-state index in [-0.39, 0.29) is 23.5 Å². The van der Waals surface area contributed by atoms with Crippen LogP contribution in [0.15, 0.2) is 48.0 Å². The van der Waals surface area contributed by atoms with Crippen LogP contribution in [0.5, 0.6) is 11.5 Å². The molecule has 0 radical (unpaired) electrons. The molecule has 0 bridgehead atoms. The molecule has 2 aromatic rings. The number of Topliss-reactive ketones (excluding diaryl/α,β-unsaturated/α-hetero) is 1. The Labute approximate surface area is 172 Å².